The molecule has 0 radical (unpaired) electrons. The number of nitrogens with one attached hydrogen (secondary N) is 12. The molecule has 0 saturated heterocycles. The predicted octanol–water partition coefficient (Wildman–Crippen LogP) is -8.30. The number of carbonyl (C=O) groups is 13. The summed E-state index contributed by atoms with van der Waals surface area (Å²) < 4.78 is 0. The van der Waals surface area contributed by atoms with Gasteiger partial charge in [0.2, 0.25) is 59.1 Å². The van der Waals surface area contributed by atoms with E-state index in [1.807, 2.05) is 0 Å². The van der Waals surface area contributed by atoms with Gasteiger partial charge < -0.3 is 149 Å². The molecule has 34 N–H and O–H groups in total. The standard InChI is InChI=1S/C81H127B3N18O23/c1-49(104)68(80(117)101-67(48-103)79(116)100-66(81(118)119)47-51-25-37-57(105)38-26-51)102-78(115)65(46-50-23-31-54(32-24-50)82(120)121)99-77(114)64(98-76(113)63(21-7-14-44-92-70(107)53-29-35-56(36-30-53)84(124)125)97-75(112)62(19-5-12-42-88)95-72(109)59(90)17-3-10-40-86)22-8-15-45-93-73(110)60(20-6-13-43-91-69(106)52-27-33-55(34-28-52)83(122)123)96-74(111)61(18-4-11-41-87)94-71(108)58(89)16-2-9-39-85/h23-38,49,58-68,103-105,120-125H,2-22,39-48,85-90H2,1H3,(H,91,106)(H,92,107)(H,93,110)(H,94,108)(H,95,109)(H,96,111)(H,97,112)(H,98,113)(H,99,114)(H,100,116)(H,101,117)(H,102,115)(H,118,119)/t49-,58+,59+,60+,61+,62+,63+,64+,65+,66+,67+,68+/m1/s1. The van der Waals surface area contributed by atoms with E-state index in [1.165, 1.54) is 97.1 Å². The zero-order chi connectivity index (χ0) is 92.5. The molecule has 688 valence electrons. The van der Waals surface area contributed by atoms with E-state index in [1.54, 1.807) is 0 Å². The molecular weight excluding hydrogens is 1630 g/mol. The van der Waals surface area contributed by atoms with Crippen LogP contribution in [-0.4, -0.2) is 274 Å². The number of amides is 12. The number of carbonyl (C=O) groups excluding carboxylic acids is 12. The summed E-state index contributed by atoms with van der Waals surface area (Å²) in [6, 6.07) is 4.99. The Morgan fingerprint density at radius 2 is 0.608 bits per heavy atom. The van der Waals surface area contributed by atoms with Crippen LogP contribution in [0.1, 0.15) is 174 Å². The van der Waals surface area contributed by atoms with Gasteiger partial charge in [0.05, 0.1) is 24.8 Å². The molecule has 125 heavy (non-hydrogen) atoms. The Hall–Kier alpha value is -10.6. The lowest BCUT2D eigenvalue weighted by molar-refractivity contribution is -0.142. The molecule has 0 bridgehead atoms. The average Bonchev–Trinajstić information content (AvgIpc) is 0.837. The van der Waals surface area contributed by atoms with Gasteiger partial charge in [0.15, 0.2) is 0 Å². The molecule has 4 aromatic carbocycles. The summed E-state index contributed by atoms with van der Waals surface area (Å²) in [6.45, 7) is 0.968. The molecule has 4 rings (SSSR count). The Morgan fingerprint density at radius 3 is 0.952 bits per heavy atom. The minimum absolute atomic E-state index is 0.00375. The van der Waals surface area contributed by atoms with E-state index in [2.05, 4.69) is 63.8 Å². The molecule has 0 heterocycles. The van der Waals surface area contributed by atoms with Crippen LogP contribution in [0.2, 0.25) is 0 Å². The van der Waals surface area contributed by atoms with Gasteiger partial charge in [-0.05, 0) is 219 Å². The molecule has 0 aliphatic rings. The van der Waals surface area contributed by atoms with Crippen LogP contribution in [0.15, 0.2) is 97.1 Å². The number of carboxylic acids is 1. The number of unbranched alkanes of at least 4 members (excludes halogenated alkanes) is 7. The molecule has 0 saturated carbocycles. The summed E-state index contributed by atoms with van der Waals surface area (Å²) in [5.41, 5.74) is 36.7. The number of phenolic OH excluding ortho intramolecular Hbond substituents is 1. The Balaban J connectivity index is 1.80. The maximum absolute atomic E-state index is 15.4. The lowest BCUT2D eigenvalue weighted by Gasteiger charge is -2.28. The number of aliphatic hydroxyl groups excluding tert-OH is 2. The number of aliphatic carboxylic acids is 1. The highest BCUT2D eigenvalue weighted by atomic mass is 16.4. The van der Waals surface area contributed by atoms with Crippen molar-refractivity contribution in [2.24, 2.45) is 34.4 Å². The third-order valence-electron chi connectivity index (χ3n) is 20.5. The van der Waals surface area contributed by atoms with Gasteiger partial charge in [0, 0.05) is 43.6 Å². The molecule has 0 fully saturated rings. The Kier molecular flexibility index (Phi) is 50.0. The van der Waals surface area contributed by atoms with E-state index >= 15 is 9.59 Å². The van der Waals surface area contributed by atoms with Crippen molar-refractivity contribution in [2.45, 2.75) is 227 Å². The Bertz CT molecular complexity index is 4020. The van der Waals surface area contributed by atoms with Crippen LogP contribution in [0.25, 0.3) is 0 Å². The number of nitrogens with two attached hydrogens (primary N) is 6. The van der Waals surface area contributed by atoms with Crippen LogP contribution in [0.3, 0.4) is 0 Å². The second-order valence-corrected chi connectivity index (χ2v) is 30.6. The molecule has 0 aliphatic heterocycles. The first kappa shape index (κ1) is 107. The number of benzene rings is 4. The fourth-order valence-electron chi connectivity index (χ4n) is 13.0. The largest absolute Gasteiger partial charge is 0.508 e. The van der Waals surface area contributed by atoms with E-state index in [0.717, 1.165) is 6.92 Å². The number of hydrogen-bond acceptors (Lipinski definition) is 28. The highest BCUT2D eigenvalue weighted by molar-refractivity contribution is 6.59. The lowest BCUT2D eigenvalue weighted by Crippen LogP contribution is -2.62. The summed E-state index contributed by atoms with van der Waals surface area (Å²) in [7, 11) is -5.53. The van der Waals surface area contributed by atoms with Crippen molar-refractivity contribution in [3.05, 3.63) is 119 Å². The fourth-order valence-corrected chi connectivity index (χ4v) is 13.0. The second-order valence-electron chi connectivity index (χ2n) is 30.6. The third-order valence-corrected chi connectivity index (χ3v) is 20.5. The van der Waals surface area contributed by atoms with Crippen LogP contribution < -0.4 is 115 Å². The van der Waals surface area contributed by atoms with Crippen LogP contribution in [0, 0.1) is 0 Å². The number of hydrogen-bond donors (Lipinski definition) is 28. The predicted molar refractivity (Wildman–Crippen MR) is 465 cm³/mol. The SMILES string of the molecule is C[C@@H](O)[C@H](NC(=O)[C@H](Cc1ccc(B(O)O)cc1)NC(=O)[C@H](CCCCNC(=O)[C@H](CCCCNC(=O)c1ccc(B(O)O)cc1)NC(=O)[C@H](CCCCN)NC(=O)[C@@H](N)CCCCN)NC(=O)[C@H](CCCCNC(=O)c1ccc(B(O)O)cc1)NC(=O)[C@H](CCCCN)NC(=O)[C@@H](N)CCCCN)C(=O)N[C@@H](CO)C(=O)N[C@@H](Cc1ccc(O)cc1)C(=O)O. The summed E-state index contributed by atoms with van der Waals surface area (Å²) in [6.07, 6.45) is 1.66. The fraction of sp³-hybridized carbons (Fsp3) is 0.543. The smallest absolute Gasteiger partial charge is 0.488 e. The highest BCUT2D eigenvalue weighted by Gasteiger charge is 2.37. The topological polar surface area (TPSA) is 725 Å². The van der Waals surface area contributed by atoms with Crippen LogP contribution in [0.5, 0.6) is 5.75 Å². The number of aliphatic hydroxyl groups is 2. The highest BCUT2D eigenvalue weighted by Crippen LogP contribution is 2.16. The maximum atomic E-state index is 15.4. The molecule has 0 unspecified atom stereocenters. The van der Waals surface area contributed by atoms with Crippen molar-refractivity contribution in [2.75, 3.05) is 52.4 Å². The normalized spacial score (nSPS) is 14.0. The third kappa shape index (κ3) is 40.1. The van der Waals surface area contributed by atoms with Gasteiger partial charge in [-0.2, -0.15) is 0 Å². The second kappa shape index (κ2) is 58.6. The maximum Gasteiger partial charge on any atom is 0.488 e. The van der Waals surface area contributed by atoms with Gasteiger partial charge in [0.25, 0.3) is 11.8 Å². The lowest BCUT2D eigenvalue weighted by atomic mass is 9.80. The molecular formula is C81H127B3N18O23. The molecule has 12 amide bonds. The van der Waals surface area contributed by atoms with Crippen molar-refractivity contribution in [3.8, 4) is 5.75 Å². The van der Waals surface area contributed by atoms with Gasteiger partial charge in [-0.15, -0.1) is 0 Å². The van der Waals surface area contributed by atoms with Gasteiger partial charge >= 0.3 is 27.3 Å². The van der Waals surface area contributed by atoms with E-state index in [9.17, 15) is 103 Å². The van der Waals surface area contributed by atoms with E-state index in [0.29, 0.717) is 70.0 Å². The van der Waals surface area contributed by atoms with E-state index < -0.39 is 184 Å². The molecule has 41 nitrogen and oxygen atoms in total. The molecule has 0 aliphatic carbocycles. The quantitative estimate of drug-likeness (QED) is 0.0144. The van der Waals surface area contributed by atoms with E-state index in [4.69, 9.17) is 34.4 Å². The molecule has 44 heteroatoms. The first-order chi connectivity index (χ1) is 59.6. The first-order valence-electron chi connectivity index (χ1n) is 42.2. The summed E-state index contributed by atoms with van der Waals surface area (Å²) in [5.74, 6) is -12.2. The molecule has 12 atom stereocenters. The number of carboxylic acid groups (broad SMARTS) is 1. The van der Waals surface area contributed by atoms with Gasteiger partial charge in [-0.25, -0.2) is 4.79 Å². The van der Waals surface area contributed by atoms with Gasteiger partial charge in [-0.3, -0.25) is 57.5 Å². The minimum atomic E-state index is -2.03. The molecule has 0 aromatic heterocycles. The van der Waals surface area contributed by atoms with Gasteiger partial charge in [-0.1, -0.05) is 73.5 Å². The number of rotatable bonds is 62. The summed E-state index contributed by atoms with van der Waals surface area (Å²) in [5, 5.41) is 131. The average molecular weight is 1750 g/mol. The number of aromatic hydroxyl groups is 1. The van der Waals surface area contributed by atoms with Crippen LogP contribution in [-0.2, 0) is 65.6 Å². The molecule has 0 spiro atoms. The Labute approximate surface area is 727 Å². The van der Waals surface area contributed by atoms with Crippen molar-refractivity contribution in [1.29, 1.82) is 0 Å². The zero-order valence-electron chi connectivity index (χ0n) is 70.6. The van der Waals surface area contributed by atoms with Gasteiger partial charge in [0.1, 0.15) is 60.1 Å². The van der Waals surface area contributed by atoms with Crippen molar-refractivity contribution < 1.29 is 113 Å². The first-order valence-corrected chi connectivity index (χ1v) is 42.2. The minimum Gasteiger partial charge on any atom is -0.508 e. The Morgan fingerprint density at radius 1 is 0.328 bits per heavy atom. The summed E-state index contributed by atoms with van der Waals surface area (Å²) in [4.78, 5) is 183. The summed E-state index contributed by atoms with van der Waals surface area (Å²) >= 11 is 0. The number of phenols is 1. The van der Waals surface area contributed by atoms with Crippen molar-refractivity contribution >= 4 is 115 Å². The van der Waals surface area contributed by atoms with E-state index in [-0.39, 0.29) is 161 Å². The van der Waals surface area contributed by atoms with Crippen molar-refractivity contribution in [1.82, 2.24) is 63.8 Å². The molecule has 4 aromatic rings. The monoisotopic (exact) mass is 1750 g/mol. The zero-order valence-corrected chi connectivity index (χ0v) is 70.6. The van der Waals surface area contributed by atoms with Crippen molar-refractivity contribution in [3.63, 3.8) is 0 Å². The van der Waals surface area contributed by atoms with Crippen LogP contribution >= 0.6 is 0 Å². The van der Waals surface area contributed by atoms with Crippen LogP contribution in [0.4, 0.5) is 0 Å².